The van der Waals surface area contributed by atoms with Gasteiger partial charge in [-0.2, -0.15) is 0 Å². The summed E-state index contributed by atoms with van der Waals surface area (Å²) in [4.78, 5) is 19.0. The van der Waals surface area contributed by atoms with Gasteiger partial charge in [0.2, 0.25) is 6.41 Å². The summed E-state index contributed by atoms with van der Waals surface area (Å²) < 4.78 is 10.1. The minimum absolute atomic E-state index is 0.0272. The van der Waals surface area contributed by atoms with E-state index in [0.29, 0.717) is 29.8 Å². The molecule has 39 heavy (non-hydrogen) atoms. The summed E-state index contributed by atoms with van der Waals surface area (Å²) in [6, 6.07) is 16.0. The predicted octanol–water partition coefficient (Wildman–Crippen LogP) is 4.47. The SMILES string of the molecule is C=N/C=C(Cl)\C(=N/CNc1ccc(P(CCNC)CCNC=O)cc1)Nc1ccccc1OC(C)C.COC. The fourth-order valence-electron chi connectivity index (χ4n) is 3.25. The Labute approximate surface area is 239 Å². The molecule has 0 saturated carbocycles. The molecule has 2 rings (SSSR count). The molecule has 0 bridgehead atoms. The van der Waals surface area contributed by atoms with Gasteiger partial charge in [0.05, 0.1) is 11.8 Å². The van der Waals surface area contributed by atoms with Gasteiger partial charge in [-0.1, -0.05) is 43.8 Å². The van der Waals surface area contributed by atoms with E-state index in [9.17, 15) is 4.79 Å². The van der Waals surface area contributed by atoms with Crippen LogP contribution >= 0.6 is 19.5 Å². The van der Waals surface area contributed by atoms with Crippen molar-refractivity contribution in [3.05, 3.63) is 59.8 Å². The van der Waals surface area contributed by atoms with Gasteiger partial charge in [0.25, 0.3) is 0 Å². The number of benzene rings is 2. The third kappa shape index (κ3) is 14.1. The molecular weight excluding hydrogens is 535 g/mol. The zero-order chi connectivity index (χ0) is 28.9. The first-order valence-corrected chi connectivity index (χ1v) is 14.7. The third-order valence-corrected chi connectivity index (χ3v) is 7.76. The predicted molar refractivity (Wildman–Crippen MR) is 169 cm³/mol. The van der Waals surface area contributed by atoms with E-state index in [1.807, 2.05) is 57.3 Å². The van der Waals surface area contributed by atoms with Crippen LogP contribution in [0, 0.1) is 0 Å². The molecule has 0 fully saturated rings. The van der Waals surface area contributed by atoms with Crippen LogP contribution in [0.4, 0.5) is 11.4 Å². The number of methoxy groups -OCH3 is 1. The molecule has 0 spiro atoms. The van der Waals surface area contributed by atoms with Gasteiger partial charge in [0.15, 0.2) is 0 Å². The molecule has 9 nitrogen and oxygen atoms in total. The number of anilines is 2. The first-order valence-electron chi connectivity index (χ1n) is 12.6. The Morgan fingerprint density at radius 3 is 2.38 bits per heavy atom. The molecule has 214 valence electrons. The highest BCUT2D eigenvalue weighted by molar-refractivity contribution is 7.65. The smallest absolute Gasteiger partial charge is 0.207 e. The van der Waals surface area contributed by atoms with Crippen molar-refractivity contribution in [2.24, 2.45) is 9.98 Å². The molecule has 1 unspecified atom stereocenters. The van der Waals surface area contributed by atoms with E-state index in [4.69, 9.17) is 16.3 Å². The van der Waals surface area contributed by atoms with Gasteiger partial charge < -0.3 is 30.7 Å². The van der Waals surface area contributed by atoms with Gasteiger partial charge in [-0.3, -0.25) is 9.79 Å². The zero-order valence-corrected chi connectivity index (χ0v) is 25.2. The lowest BCUT2D eigenvalue weighted by molar-refractivity contribution is -0.109. The molecule has 0 aliphatic carbocycles. The van der Waals surface area contributed by atoms with Crippen LogP contribution in [-0.4, -0.2) is 78.4 Å². The van der Waals surface area contributed by atoms with Crippen LogP contribution in [0.1, 0.15) is 13.8 Å². The Hall–Kier alpha value is -2.97. The van der Waals surface area contributed by atoms with Crippen molar-refractivity contribution >= 4 is 55.2 Å². The Bertz CT molecular complexity index is 1030. The number of nitrogens with zero attached hydrogens (tertiary/aromatic N) is 2. The number of hydrogen-bond donors (Lipinski definition) is 4. The van der Waals surface area contributed by atoms with Gasteiger partial charge in [0.1, 0.15) is 23.3 Å². The fraction of sp³-hybridized carbons (Fsp3) is 0.393. The van der Waals surface area contributed by atoms with Crippen molar-refractivity contribution in [2.75, 3.05) is 64.0 Å². The summed E-state index contributed by atoms with van der Waals surface area (Å²) in [7, 11) is 4.84. The molecule has 0 saturated heterocycles. The standard InChI is InChI=1S/C26H36ClN6O2P.C2H6O/c1-20(2)35-25-8-6-5-7-24(25)33-26(23(27)17-29-4)32-18-31-21-9-11-22(12-10-21)36(15-13-28-3)16-14-30-19-34;1-3-2/h5-12,17,19-20,28,31H,4,13-16,18H2,1-3H3,(H,30,34)(H,32,33);1-2H3/b23-17+;. The summed E-state index contributed by atoms with van der Waals surface area (Å²) in [6.07, 6.45) is 4.24. The van der Waals surface area contributed by atoms with Crippen LogP contribution < -0.4 is 31.3 Å². The van der Waals surface area contributed by atoms with Gasteiger partial charge in [-0.25, -0.2) is 4.99 Å². The minimum Gasteiger partial charge on any atom is -0.489 e. The number of carbonyl (C=O) groups excluding carboxylic acids is 1. The number of carbonyl (C=O) groups is 1. The number of amidine groups is 1. The molecular formula is C28H42ClN6O3P. The van der Waals surface area contributed by atoms with Crippen molar-refractivity contribution < 1.29 is 14.3 Å². The monoisotopic (exact) mass is 576 g/mol. The fourth-order valence-corrected chi connectivity index (χ4v) is 5.62. The van der Waals surface area contributed by atoms with Crippen molar-refractivity contribution in [1.82, 2.24) is 10.6 Å². The molecule has 4 N–H and O–H groups in total. The third-order valence-electron chi connectivity index (χ3n) is 4.93. The maximum Gasteiger partial charge on any atom is 0.207 e. The highest BCUT2D eigenvalue weighted by Gasteiger charge is 2.12. The second-order valence-electron chi connectivity index (χ2n) is 8.41. The summed E-state index contributed by atoms with van der Waals surface area (Å²) in [5.41, 5.74) is 1.70. The molecule has 0 aliphatic rings. The van der Waals surface area contributed by atoms with Crippen molar-refractivity contribution in [3.63, 3.8) is 0 Å². The summed E-state index contributed by atoms with van der Waals surface area (Å²) in [6.45, 7) is 9.35. The summed E-state index contributed by atoms with van der Waals surface area (Å²) in [5, 5.41) is 14.2. The van der Waals surface area contributed by atoms with Crippen LogP contribution in [-0.2, 0) is 9.53 Å². The largest absolute Gasteiger partial charge is 0.489 e. The highest BCUT2D eigenvalue weighted by atomic mass is 35.5. The topological polar surface area (TPSA) is 108 Å². The number of aliphatic imine (C=N–C) groups is 2. The van der Waals surface area contributed by atoms with E-state index >= 15 is 0 Å². The van der Waals surface area contributed by atoms with Crippen LogP contribution in [0.3, 0.4) is 0 Å². The zero-order valence-electron chi connectivity index (χ0n) is 23.5. The van der Waals surface area contributed by atoms with Gasteiger partial charge in [0, 0.05) is 32.7 Å². The molecule has 2 aromatic rings. The minimum atomic E-state index is -0.362. The van der Waals surface area contributed by atoms with Crippen LogP contribution in [0.25, 0.3) is 0 Å². The number of para-hydroxylation sites is 2. The van der Waals surface area contributed by atoms with Crippen LogP contribution in [0.15, 0.2) is 69.7 Å². The summed E-state index contributed by atoms with van der Waals surface area (Å²) in [5.74, 6) is 1.16. The van der Waals surface area contributed by atoms with Gasteiger partial charge >= 0.3 is 0 Å². The van der Waals surface area contributed by atoms with E-state index in [1.165, 1.54) is 11.5 Å². The summed E-state index contributed by atoms with van der Waals surface area (Å²) >= 11 is 6.42. The second-order valence-corrected chi connectivity index (χ2v) is 11.3. The van der Waals surface area contributed by atoms with E-state index in [-0.39, 0.29) is 14.0 Å². The molecule has 0 aliphatic heterocycles. The van der Waals surface area contributed by atoms with Crippen molar-refractivity contribution in [3.8, 4) is 5.75 Å². The number of ether oxygens (including phenoxy) is 2. The van der Waals surface area contributed by atoms with Gasteiger partial charge in [-0.15, -0.1) is 0 Å². The Morgan fingerprint density at radius 2 is 1.77 bits per heavy atom. The molecule has 1 atom stereocenters. The molecule has 11 heteroatoms. The van der Waals surface area contributed by atoms with E-state index in [1.54, 1.807) is 14.2 Å². The maximum atomic E-state index is 10.6. The Kier molecular flexibility index (Phi) is 18.3. The number of amides is 1. The number of nitrogens with one attached hydrogen (secondary N) is 4. The first kappa shape index (κ1) is 34.1. The molecule has 0 radical (unpaired) electrons. The van der Waals surface area contributed by atoms with E-state index in [0.717, 1.165) is 36.7 Å². The second kappa shape index (κ2) is 20.9. The molecule has 1 amide bonds. The lowest BCUT2D eigenvalue weighted by Crippen LogP contribution is -2.21. The van der Waals surface area contributed by atoms with E-state index < -0.39 is 0 Å². The lowest BCUT2D eigenvalue weighted by Gasteiger charge is -2.18. The van der Waals surface area contributed by atoms with Crippen LogP contribution in [0.5, 0.6) is 5.75 Å². The highest BCUT2D eigenvalue weighted by Crippen LogP contribution is 2.33. The Morgan fingerprint density at radius 1 is 1.10 bits per heavy atom. The average Bonchev–Trinajstić information content (AvgIpc) is 2.92. The first-order chi connectivity index (χ1) is 18.9. The van der Waals surface area contributed by atoms with E-state index in [2.05, 4.69) is 54.8 Å². The number of halogens is 1. The molecule has 0 aromatic heterocycles. The number of rotatable bonds is 16. The Balaban J connectivity index is 0.00000242. The lowest BCUT2D eigenvalue weighted by atomic mass is 10.3. The molecule has 0 heterocycles. The maximum absolute atomic E-state index is 10.6. The van der Waals surface area contributed by atoms with Crippen LogP contribution in [0.2, 0.25) is 0 Å². The quantitative estimate of drug-likeness (QED) is 0.0772. The average molecular weight is 577 g/mol. The molecule has 2 aromatic carbocycles. The normalized spacial score (nSPS) is 12.2. The van der Waals surface area contributed by atoms with Crippen molar-refractivity contribution in [2.45, 2.75) is 20.0 Å². The van der Waals surface area contributed by atoms with Crippen molar-refractivity contribution in [1.29, 1.82) is 0 Å². The number of hydrogen-bond acceptors (Lipinski definition) is 7. The van der Waals surface area contributed by atoms with Gasteiger partial charge in [-0.05, 0) is 76.1 Å².